The van der Waals surface area contributed by atoms with Crippen LogP contribution in [0.25, 0.3) is 0 Å². The molecule has 0 aliphatic carbocycles. The molecular formula is C19H19N3O. The largest absolute Gasteiger partial charge is 0.494 e. The predicted molar refractivity (Wildman–Crippen MR) is 94.7 cm³/mol. The van der Waals surface area contributed by atoms with E-state index in [-0.39, 0.29) is 0 Å². The Bertz CT molecular complexity index is 764. The average Bonchev–Trinajstić information content (AvgIpc) is 3.05. The normalized spacial score (nSPS) is 15.3. The Labute approximate surface area is 136 Å². The van der Waals surface area contributed by atoms with Gasteiger partial charge in [-0.3, -0.25) is 4.99 Å². The number of ether oxygens (including phenoxy) is 1. The van der Waals surface area contributed by atoms with Gasteiger partial charge in [0.05, 0.1) is 36.6 Å². The first-order valence-corrected chi connectivity index (χ1v) is 7.97. The monoisotopic (exact) mass is 305 g/mol. The highest BCUT2D eigenvalue weighted by Gasteiger charge is 2.26. The Hall–Kier alpha value is -2.75. The second kappa shape index (κ2) is 5.80. The smallest absolute Gasteiger partial charge is 0.119 e. The van der Waals surface area contributed by atoms with E-state index in [4.69, 9.17) is 4.74 Å². The van der Waals surface area contributed by atoms with Crippen LogP contribution < -0.4 is 14.5 Å². The van der Waals surface area contributed by atoms with Gasteiger partial charge in [-0.25, -0.2) is 0 Å². The number of anilines is 2. The van der Waals surface area contributed by atoms with Crippen molar-refractivity contribution in [2.24, 2.45) is 4.99 Å². The fourth-order valence-electron chi connectivity index (χ4n) is 2.87. The van der Waals surface area contributed by atoms with Gasteiger partial charge in [-0.1, -0.05) is 19.1 Å². The zero-order valence-corrected chi connectivity index (χ0v) is 13.1. The molecule has 0 bridgehead atoms. The summed E-state index contributed by atoms with van der Waals surface area (Å²) in [6.45, 7) is 3.67. The molecule has 2 heterocycles. The molecule has 2 aromatic carbocycles. The van der Waals surface area contributed by atoms with Gasteiger partial charge in [0.2, 0.25) is 0 Å². The zero-order chi connectivity index (χ0) is 15.6. The van der Waals surface area contributed by atoms with Gasteiger partial charge in [0.25, 0.3) is 0 Å². The summed E-state index contributed by atoms with van der Waals surface area (Å²) in [6.07, 6.45) is 5.09. The molecule has 2 aliphatic rings. The van der Waals surface area contributed by atoms with Crippen molar-refractivity contribution in [2.45, 2.75) is 13.3 Å². The van der Waals surface area contributed by atoms with Crippen LogP contribution in [-0.2, 0) is 0 Å². The summed E-state index contributed by atoms with van der Waals surface area (Å²) in [5.74, 6) is 0.923. The molecule has 23 heavy (non-hydrogen) atoms. The van der Waals surface area contributed by atoms with Gasteiger partial charge in [0.1, 0.15) is 5.75 Å². The van der Waals surface area contributed by atoms with Crippen molar-refractivity contribution in [3.63, 3.8) is 0 Å². The molecule has 0 atom stereocenters. The summed E-state index contributed by atoms with van der Waals surface area (Å²) in [5.41, 5.74) is 4.46. The van der Waals surface area contributed by atoms with Crippen LogP contribution >= 0.6 is 0 Å². The predicted octanol–water partition coefficient (Wildman–Crippen LogP) is 4.32. The molecular weight excluding hydrogens is 286 g/mol. The third kappa shape index (κ3) is 2.57. The van der Waals surface area contributed by atoms with E-state index in [0.29, 0.717) is 0 Å². The first-order valence-electron chi connectivity index (χ1n) is 7.97. The molecule has 0 saturated carbocycles. The minimum atomic E-state index is 0.758. The highest BCUT2D eigenvalue weighted by Crippen LogP contribution is 2.37. The number of fused-ring (bicyclic) bond motifs is 3. The molecule has 2 aliphatic heterocycles. The third-order valence-corrected chi connectivity index (χ3v) is 4.04. The van der Waals surface area contributed by atoms with Gasteiger partial charge >= 0.3 is 0 Å². The Morgan fingerprint density at radius 3 is 2.74 bits per heavy atom. The molecule has 0 fully saturated rings. The van der Waals surface area contributed by atoms with E-state index >= 15 is 0 Å². The lowest BCUT2D eigenvalue weighted by atomic mass is 10.2. The van der Waals surface area contributed by atoms with Gasteiger partial charge in [-0.2, -0.15) is 0 Å². The van der Waals surface area contributed by atoms with Crippen molar-refractivity contribution < 1.29 is 4.74 Å². The Kier molecular flexibility index (Phi) is 3.50. The number of rotatable bonds is 4. The van der Waals surface area contributed by atoms with Crippen molar-refractivity contribution in [1.29, 1.82) is 0 Å². The summed E-state index contributed by atoms with van der Waals surface area (Å²) in [4.78, 5) is 9.04. The van der Waals surface area contributed by atoms with Crippen LogP contribution in [0.5, 0.6) is 5.75 Å². The van der Waals surface area contributed by atoms with Crippen molar-refractivity contribution in [1.82, 2.24) is 0 Å². The standard InChI is InChI=1S/C19H19N3O/c1-2-11-23-17-9-7-15(8-10-17)21-13-16-12-20-18-5-3-4-6-19(18)22(16)14-21/h3-10,12-13H,2,11,14H2,1H3. The zero-order valence-electron chi connectivity index (χ0n) is 13.1. The molecule has 0 radical (unpaired) electrons. The number of hydrogen-bond donors (Lipinski definition) is 0. The molecule has 0 unspecified atom stereocenters. The number of benzene rings is 2. The van der Waals surface area contributed by atoms with E-state index in [1.54, 1.807) is 0 Å². The topological polar surface area (TPSA) is 28.1 Å². The van der Waals surface area contributed by atoms with Crippen molar-refractivity contribution in [3.8, 4) is 5.75 Å². The Morgan fingerprint density at radius 2 is 1.91 bits per heavy atom. The second-order valence-corrected chi connectivity index (χ2v) is 5.68. The van der Waals surface area contributed by atoms with E-state index < -0.39 is 0 Å². The lowest BCUT2D eigenvalue weighted by Gasteiger charge is -2.26. The molecule has 0 aromatic heterocycles. The van der Waals surface area contributed by atoms with Crippen molar-refractivity contribution in [2.75, 3.05) is 23.1 Å². The first-order chi connectivity index (χ1) is 11.3. The van der Waals surface area contributed by atoms with Crippen LogP contribution in [0.2, 0.25) is 0 Å². The minimum Gasteiger partial charge on any atom is -0.494 e. The lowest BCUT2D eigenvalue weighted by molar-refractivity contribution is 0.317. The molecule has 4 nitrogen and oxygen atoms in total. The Balaban J connectivity index is 1.55. The van der Waals surface area contributed by atoms with Gasteiger partial charge in [0.15, 0.2) is 0 Å². The lowest BCUT2D eigenvalue weighted by Crippen LogP contribution is -2.28. The summed E-state index contributed by atoms with van der Waals surface area (Å²) >= 11 is 0. The summed E-state index contributed by atoms with van der Waals surface area (Å²) in [7, 11) is 0. The van der Waals surface area contributed by atoms with Gasteiger partial charge < -0.3 is 14.5 Å². The van der Waals surface area contributed by atoms with Gasteiger partial charge in [0, 0.05) is 11.9 Å². The molecule has 0 amide bonds. The van der Waals surface area contributed by atoms with Crippen LogP contribution in [0, 0.1) is 0 Å². The van der Waals surface area contributed by atoms with Crippen LogP contribution in [0.15, 0.2) is 65.4 Å². The van der Waals surface area contributed by atoms with Crippen LogP contribution in [-0.4, -0.2) is 19.5 Å². The van der Waals surface area contributed by atoms with Crippen molar-refractivity contribution in [3.05, 3.63) is 60.4 Å². The van der Waals surface area contributed by atoms with Gasteiger partial charge in [-0.15, -0.1) is 0 Å². The molecule has 116 valence electrons. The average molecular weight is 305 g/mol. The molecule has 0 spiro atoms. The number of para-hydroxylation sites is 2. The van der Waals surface area contributed by atoms with E-state index in [0.717, 1.165) is 48.2 Å². The van der Waals surface area contributed by atoms with E-state index in [1.165, 1.54) is 0 Å². The minimum absolute atomic E-state index is 0.758. The SMILES string of the molecule is CCCOc1ccc(N2C=C3C=Nc4ccccc4N3C2)cc1. The molecule has 0 saturated heterocycles. The maximum atomic E-state index is 5.65. The quantitative estimate of drug-likeness (QED) is 0.842. The highest BCUT2D eigenvalue weighted by atomic mass is 16.5. The fraction of sp³-hybridized carbons (Fsp3) is 0.211. The molecule has 4 heteroatoms. The number of aliphatic imine (C=N–C) groups is 1. The van der Waals surface area contributed by atoms with Crippen LogP contribution in [0.4, 0.5) is 17.1 Å². The highest BCUT2D eigenvalue weighted by molar-refractivity contribution is 5.95. The van der Waals surface area contributed by atoms with Crippen LogP contribution in [0.1, 0.15) is 13.3 Å². The molecule has 2 aromatic rings. The van der Waals surface area contributed by atoms with Crippen molar-refractivity contribution >= 4 is 23.3 Å². The third-order valence-electron chi connectivity index (χ3n) is 4.04. The summed E-state index contributed by atoms with van der Waals surface area (Å²) < 4.78 is 5.65. The number of hydrogen-bond acceptors (Lipinski definition) is 4. The number of allylic oxidation sites excluding steroid dienone is 1. The fourth-order valence-corrected chi connectivity index (χ4v) is 2.87. The molecule has 0 N–H and O–H groups in total. The van der Waals surface area contributed by atoms with E-state index in [1.807, 2.05) is 30.5 Å². The van der Waals surface area contributed by atoms with Gasteiger partial charge in [-0.05, 0) is 42.8 Å². The summed E-state index contributed by atoms with van der Waals surface area (Å²) in [6, 6.07) is 16.5. The molecule has 4 rings (SSSR count). The maximum absolute atomic E-state index is 5.65. The van der Waals surface area contributed by atoms with E-state index in [9.17, 15) is 0 Å². The Morgan fingerprint density at radius 1 is 1.09 bits per heavy atom. The second-order valence-electron chi connectivity index (χ2n) is 5.68. The van der Waals surface area contributed by atoms with E-state index in [2.05, 4.69) is 52.2 Å². The first kappa shape index (κ1) is 13.9. The van der Waals surface area contributed by atoms with Crippen LogP contribution in [0.3, 0.4) is 0 Å². The maximum Gasteiger partial charge on any atom is 0.119 e. The summed E-state index contributed by atoms with van der Waals surface area (Å²) in [5, 5.41) is 0. The number of nitrogens with zero attached hydrogens (tertiary/aromatic N) is 3.